The van der Waals surface area contributed by atoms with E-state index >= 15 is 0 Å². The van der Waals surface area contributed by atoms with Crippen LogP contribution in [0, 0.1) is 13.8 Å². The van der Waals surface area contributed by atoms with Gasteiger partial charge >= 0.3 is 0 Å². The number of anilines is 3. The predicted octanol–water partition coefficient (Wildman–Crippen LogP) is 3.36. The largest absolute Gasteiger partial charge is 0.454 e. The van der Waals surface area contributed by atoms with Gasteiger partial charge in [0.15, 0.2) is 11.5 Å². The summed E-state index contributed by atoms with van der Waals surface area (Å²) < 4.78 is 10.7. The summed E-state index contributed by atoms with van der Waals surface area (Å²) in [6, 6.07) is 9.87. The summed E-state index contributed by atoms with van der Waals surface area (Å²) in [6.07, 6.45) is 0. The molecule has 4 heteroatoms. The average molecular weight is 256 g/mol. The quantitative estimate of drug-likeness (QED) is 0.809. The highest BCUT2D eigenvalue weighted by atomic mass is 16.7. The molecular weight excluding hydrogens is 240 g/mol. The number of nitrogens with two attached hydrogens (primary N) is 1. The highest BCUT2D eigenvalue weighted by Crippen LogP contribution is 2.38. The second-order valence-electron chi connectivity index (χ2n) is 4.74. The fourth-order valence-electron chi connectivity index (χ4n) is 2.12. The first-order valence-corrected chi connectivity index (χ1v) is 6.17. The highest BCUT2D eigenvalue weighted by molar-refractivity contribution is 5.75. The average Bonchev–Trinajstić information content (AvgIpc) is 2.80. The van der Waals surface area contributed by atoms with Crippen molar-refractivity contribution in [3.05, 3.63) is 41.5 Å². The number of nitrogen functional groups attached to an aromatic ring is 1. The molecule has 1 heterocycles. The van der Waals surface area contributed by atoms with Crippen LogP contribution in [-0.4, -0.2) is 6.79 Å². The maximum Gasteiger partial charge on any atom is 0.231 e. The van der Waals surface area contributed by atoms with E-state index in [4.69, 9.17) is 15.2 Å². The number of ether oxygens (including phenoxy) is 2. The molecular formula is C15H16N2O2. The fraction of sp³-hybridized carbons (Fsp3) is 0.200. The Balaban J connectivity index is 1.95. The third-order valence-electron chi connectivity index (χ3n) is 3.20. The van der Waals surface area contributed by atoms with Crippen LogP contribution in [0.4, 0.5) is 17.1 Å². The predicted molar refractivity (Wildman–Crippen MR) is 76.2 cm³/mol. The van der Waals surface area contributed by atoms with E-state index in [-0.39, 0.29) is 6.79 Å². The van der Waals surface area contributed by atoms with Gasteiger partial charge in [-0.05, 0) is 43.2 Å². The molecule has 0 radical (unpaired) electrons. The molecule has 3 rings (SSSR count). The van der Waals surface area contributed by atoms with Gasteiger partial charge in [0.25, 0.3) is 0 Å². The molecule has 0 fully saturated rings. The lowest BCUT2D eigenvalue weighted by Crippen LogP contribution is -1.98. The molecule has 0 spiro atoms. The van der Waals surface area contributed by atoms with Gasteiger partial charge in [-0.25, -0.2) is 0 Å². The standard InChI is InChI=1S/C15H16N2O2/c1-9-3-4-12(11(16)5-9)17-13-7-15-14(6-10(13)2)18-8-19-15/h3-7,17H,8,16H2,1-2H3. The lowest BCUT2D eigenvalue weighted by atomic mass is 10.1. The van der Waals surface area contributed by atoms with E-state index in [0.717, 1.165) is 39.7 Å². The molecule has 98 valence electrons. The molecule has 1 aliphatic rings. The number of hydrogen-bond acceptors (Lipinski definition) is 4. The number of nitrogens with one attached hydrogen (secondary N) is 1. The number of rotatable bonds is 2. The van der Waals surface area contributed by atoms with Gasteiger partial charge in [-0.1, -0.05) is 6.07 Å². The first-order chi connectivity index (χ1) is 9.13. The Morgan fingerprint density at radius 2 is 1.74 bits per heavy atom. The van der Waals surface area contributed by atoms with Crippen molar-refractivity contribution in [1.29, 1.82) is 0 Å². The van der Waals surface area contributed by atoms with Crippen molar-refractivity contribution >= 4 is 17.1 Å². The Morgan fingerprint density at radius 3 is 2.47 bits per heavy atom. The smallest absolute Gasteiger partial charge is 0.231 e. The Morgan fingerprint density at radius 1 is 1.00 bits per heavy atom. The molecule has 0 aromatic heterocycles. The van der Waals surface area contributed by atoms with Crippen LogP contribution in [0.3, 0.4) is 0 Å². The van der Waals surface area contributed by atoms with Gasteiger partial charge in [-0.15, -0.1) is 0 Å². The SMILES string of the molecule is Cc1ccc(Nc2cc3c(cc2C)OCO3)c(N)c1. The molecule has 0 aliphatic carbocycles. The van der Waals surface area contributed by atoms with Crippen LogP contribution < -0.4 is 20.5 Å². The second-order valence-corrected chi connectivity index (χ2v) is 4.74. The van der Waals surface area contributed by atoms with Gasteiger partial charge in [0, 0.05) is 11.8 Å². The van der Waals surface area contributed by atoms with Crippen molar-refractivity contribution in [1.82, 2.24) is 0 Å². The summed E-state index contributed by atoms with van der Waals surface area (Å²) in [5.41, 5.74) is 10.8. The molecule has 0 amide bonds. The maximum atomic E-state index is 6.01. The Hall–Kier alpha value is -2.36. The zero-order valence-electron chi connectivity index (χ0n) is 11.0. The van der Waals surface area contributed by atoms with Crippen LogP contribution in [0.2, 0.25) is 0 Å². The summed E-state index contributed by atoms with van der Waals surface area (Å²) in [4.78, 5) is 0. The molecule has 3 N–H and O–H groups in total. The Bertz CT molecular complexity index is 638. The second kappa shape index (κ2) is 4.39. The molecule has 1 aliphatic heterocycles. The van der Waals surface area contributed by atoms with Gasteiger partial charge < -0.3 is 20.5 Å². The Kier molecular flexibility index (Phi) is 2.71. The topological polar surface area (TPSA) is 56.5 Å². The van der Waals surface area contributed by atoms with Gasteiger partial charge in [0.2, 0.25) is 6.79 Å². The third kappa shape index (κ3) is 2.17. The van der Waals surface area contributed by atoms with Crippen LogP contribution in [0.1, 0.15) is 11.1 Å². The molecule has 2 aromatic carbocycles. The van der Waals surface area contributed by atoms with Crippen LogP contribution in [0.25, 0.3) is 0 Å². The van der Waals surface area contributed by atoms with Gasteiger partial charge in [-0.2, -0.15) is 0 Å². The highest BCUT2D eigenvalue weighted by Gasteiger charge is 2.16. The minimum absolute atomic E-state index is 0.283. The van der Waals surface area contributed by atoms with Crippen molar-refractivity contribution in [3.63, 3.8) is 0 Å². The molecule has 4 nitrogen and oxygen atoms in total. The van der Waals surface area contributed by atoms with Crippen molar-refractivity contribution in [2.75, 3.05) is 17.8 Å². The first-order valence-electron chi connectivity index (χ1n) is 6.17. The number of aryl methyl sites for hydroxylation is 2. The lowest BCUT2D eigenvalue weighted by Gasteiger charge is -2.13. The molecule has 0 unspecified atom stereocenters. The van der Waals surface area contributed by atoms with Gasteiger partial charge in [-0.3, -0.25) is 0 Å². The van der Waals surface area contributed by atoms with Crippen LogP contribution in [0.15, 0.2) is 30.3 Å². The lowest BCUT2D eigenvalue weighted by molar-refractivity contribution is 0.174. The van der Waals surface area contributed by atoms with Crippen LogP contribution in [0.5, 0.6) is 11.5 Å². The van der Waals surface area contributed by atoms with Crippen LogP contribution in [-0.2, 0) is 0 Å². The van der Waals surface area contributed by atoms with E-state index < -0.39 is 0 Å². The third-order valence-corrected chi connectivity index (χ3v) is 3.20. The van der Waals surface area contributed by atoms with E-state index in [1.54, 1.807) is 0 Å². The summed E-state index contributed by atoms with van der Waals surface area (Å²) in [6.45, 7) is 4.32. The first kappa shape index (κ1) is 11.7. The van der Waals surface area contributed by atoms with Crippen molar-refractivity contribution in [2.45, 2.75) is 13.8 Å². The summed E-state index contributed by atoms with van der Waals surface area (Å²) >= 11 is 0. The van der Waals surface area contributed by atoms with E-state index in [1.165, 1.54) is 0 Å². The number of fused-ring (bicyclic) bond motifs is 1. The molecule has 19 heavy (non-hydrogen) atoms. The zero-order valence-corrected chi connectivity index (χ0v) is 11.0. The van der Waals surface area contributed by atoms with Gasteiger partial charge in [0.05, 0.1) is 11.4 Å². The Labute approximate surface area is 112 Å². The minimum atomic E-state index is 0.283. The van der Waals surface area contributed by atoms with Crippen molar-refractivity contribution in [3.8, 4) is 11.5 Å². The summed E-state index contributed by atoms with van der Waals surface area (Å²) in [5.74, 6) is 1.55. The number of benzene rings is 2. The molecule has 0 saturated carbocycles. The van der Waals surface area contributed by atoms with Crippen molar-refractivity contribution < 1.29 is 9.47 Å². The fourth-order valence-corrected chi connectivity index (χ4v) is 2.12. The van der Waals surface area contributed by atoms with E-state index in [0.29, 0.717) is 0 Å². The summed E-state index contributed by atoms with van der Waals surface area (Å²) in [7, 11) is 0. The van der Waals surface area contributed by atoms with E-state index in [9.17, 15) is 0 Å². The normalized spacial score (nSPS) is 12.5. The molecule has 0 bridgehead atoms. The van der Waals surface area contributed by atoms with E-state index in [2.05, 4.69) is 5.32 Å². The molecule has 0 saturated heterocycles. The van der Waals surface area contributed by atoms with Gasteiger partial charge in [0.1, 0.15) is 0 Å². The zero-order chi connectivity index (χ0) is 13.4. The maximum absolute atomic E-state index is 6.01. The number of hydrogen-bond donors (Lipinski definition) is 2. The molecule has 0 atom stereocenters. The van der Waals surface area contributed by atoms with E-state index in [1.807, 2.05) is 44.2 Å². The van der Waals surface area contributed by atoms with Crippen LogP contribution >= 0.6 is 0 Å². The summed E-state index contributed by atoms with van der Waals surface area (Å²) in [5, 5.41) is 3.34. The minimum Gasteiger partial charge on any atom is -0.454 e. The molecule has 2 aromatic rings. The van der Waals surface area contributed by atoms with Crippen molar-refractivity contribution in [2.24, 2.45) is 0 Å². The monoisotopic (exact) mass is 256 g/mol.